The summed E-state index contributed by atoms with van der Waals surface area (Å²) in [6, 6.07) is 12.6. The third-order valence-electron chi connectivity index (χ3n) is 3.18. The second-order valence-corrected chi connectivity index (χ2v) is 5.54. The van der Waals surface area contributed by atoms with Gasteiger partial charge >= 0.3 is 0 Å². The summed E-state index contributed by atoms with van der Waals surface area (Å²) in [5, 5.41) is 11.2. The number of fused-ring (bicyclic) bond motifs is 1. The van der Waals surface area contributed by atoms with Gasteiger partial charge in [-0.15, -0.1) is 11.3 Å². The molecule has 3 aromatic rings. The molecular weight excluding hydrogens is 254 g/mol. The van der Waals surface area contributed by atoms with Crippen LogP contribution in [-0.2, 0) is 13.0 Å². The van der Waals surface area contributed by atoms with Gasteiger partial charge in [0.1, 0.15) is 0 Å². The molecule has 0 bridgehead atoms. The second-order valence-electron chi connectivity index (χ2n) is 4.51. The summed E-state index contributed by atoms with van der Waals surface area (Å²) in [7, 11) is 0. The Kier molecular flexibility index (Phi) is 3.91. The van der Waals surface area contributed by atoms with E-state index in [2.05, 4.69) is 50.8 Å². The summed E-state index contributed by atoms with van der Waals surface area (Å²) in [6.07, 6.45) is 3.04. The molecule has 0 unspecified atom stereocenters. The molecule has 1 N–H and O–H groups in total. The molecule has 0 atom stereocenters. The Hall–Kier alpha value is -1.65. The van der Waals surface area contributed by atoms with E-state index in [1.165, 1.54) is 15.8 Å². The highest BCUT2D eigenvalue weighted by molar-refractivity contribution is 7.09. The molecule has 0 aliphatic rings. The first-order valence-corrected chi connectivity index (χ1v) is 7.45. The fourth-order valence-electron chi connectivity index (χ4n) is 2.18. The third-order valence-corrected chi connectivity index (χ3v) is 4.12. The number of rotatable bonds is 6. The SMILES string of the molecule is c1csc(CCNCCn2ncc3ccccc32)c1. The van der Waals surface area contributed by atoms with Crippen LogP contribution in [0.2, 0.25) is 0 Å². The van der Waals surface area contributed by atoms with Crippen LogP contribution in [0.3, 0.4) is 0 Å². The van der Waals surface area contributed by atoms with E-state index in [4.69, 9.17) is 0 Å². The molecule has 0 spiro atoms. The number of nitrogens with zero attached hydrogens (tertiary/aromatic N) is 2. The first-order chi connectivity index (χ1) is 9.43. The van der Waals surface area contributed by atoms with Crippen LogP contribution < -0.4 is 5.32 Å². The van der Waals surface area contributed by atoms with Gasteiger partial charge in [0.05, 0.1) is 18.3 Å². The zero-order valence-corrected chi connectivity index (χ0v) is 11.6. The molecule has 0 radical (unpaired) electrons. The first-order valence-electron chi connectivity index (χ1n) is 6.57. The van der Waals surface area contributed by atoms with Crippen molar-refractivity contribution in [1.29, 1.82) is 0 Å². The summed E-state index contributed by atoms with van der Waals surface area (Å²) < 4.78 is 2.06. The van der Waals surface area contributed by atoms with Crippen LogP contribution in [0.15, 0.2) is 48.0 Å². The lowest BCUT2D eigenvalue weighted by Gasteiger charge is -2.05. The Balaban J connectivity index is 1.47. The van der Waals surface area contributed by atoms with Crippen LogP contribution in [0, 0.1) is 0 Å². The van der Waals surface area contributed by atoms with Gasteiger partial charge in [0.15, 0.2) is 0 Å². The molecule has 0 aliphatic heterocycles. The Bertz CT molecular complexity index is 628. The number of benzene rings is 1. The van der Waals surface area contributed by atoms with Crippen LogP contribution in [0.1, 0.15) is 4.88 Å². The van der Waals surface area contributed by atoms with E-state index >= 15 is 0 Å². The zero-order valence-electron chi connectivity index (χ0n) is 10.7. The van der Waals surface area contributed by atoms with E-state index in [1.54, 1.807) is 0 Å². The second kappa shape index (κ2) is 5.99. The van der Waals surface area contributed by atoms with Crippen molar-refractivity contribution >= 4 is 22.2 Å². The van der Waals surface area contributed by atoms with Crippen molar-refractivity contribution in [3.8, 4) is 0 Å². The van der Waals surface area contributed by atoms with E-state index < -0.39 is 0 Å². The van der Waals surface area contributed by atoms with Crippen LogP contribution in [0.5, 0.6) is 0 Å². The van der Waals surface area contributed by atoms with Crippen molar-refractivity contribution in [1.82, 2.24) is 15.1 Å². The Morgan fingerprint density at radius 3 is 2.95 bits per heavy atom. The van der Waals surface area contributed by atoms with Crippen LogP contribution >= 0.6 is 11.3 Å². The molecular formula is C15H17N3S. The maximum absolute atomic E-state index is 4.42. The average Bonchev–Trinajstić information content (AvgIpc) is 3.08. The highest BCUT2D eigenvalue weighted by Crippen LogP contribution is 2.12. The number of thiophene rings is 1. The Labute approximate surface area is 116 Å². The predicted octanol–water partition coefficient (Wildman–Crippen LogP) is 2.93. The molecule has 4 heteroatoms. The molecule has 19 heavy (non-hydrogen) atoms. The maximum atomic E-state index is 4.42. The molecule has 0 fully saturated rings. The van der Waals surface area contributed by atoms with Crippen molar-refractivity contribution in [2.24, 2.45) is 0 Å². The fourth-order valence-corrected chi connectivity index (χ4v) is 2.89. The maximum Gasteiger partial charge on any atom is 0.0682 e. The summed E-state index contributed by atoms with van der Waals surface area (Å²) >= 11 is 1.82. The average molecular weight is 271 g/mol. The van der Waals surface area contributed by atoms with Gasteiger partial charge in [-0.1, -0.05) is 24.3 Å². The smallest absolute Gasteiger partial charge is 0.0682 e. The predicted molar refractivity (Wildman–Crippen MR) is 80.6 cm³/mol. The molecule has 0 aliphatic carbocycles. The molecule has 0 amide bonds. The number of para-hydroxylation sites is 1. The van der Waals surface area contributed by atoms with Gasteiger partial charge in [-0.2, -0.15) is 5.10 Å². The molecule has 2 aromatic heterocycles. The van der Waals surface area contributed by atoms with Crippen molar-refractivity contribution in [3.63, 3.8) is 0 Å². The Morgan fingerprint density at radius 2 is 2.05 bits per heavy atom. The fraction of sp³-hybridized carbons (Fsp3) is 0.267. The summed E-state index contributed by atoms with van der Waals surface area (Å²) in [6.45, 7) is 2.90. The van der Waals surface area contributed by atoms with Gasteiger partial charge in [-0.3, -0.25) is 4.68 Å². The number of hydrogen-bond acceptors (Lipinski definition) is 3. The van der Waals surface area contributed by atoms with Gasteiger partial charge < -0.3 is 5.32 Å². The van der Waals surface area contributed by atoms with Gasteiger partial charge in [0.2, 0.25) is 0 Å². The minimum absolute atomic E-state index is 0.915. The summed E-state index contributed by atoms with van der Waals surface area (Å²) in [4.78, 5) is 1.44. The molecule has 0 saturated heterocycles. The van der Waals surface area contributed by atoms with E-state index in [1.807, 2.05) is 23.6 Å². The zero-order chi connectivity index (χ0) is 12.9. The number of hydrogen-bond donors (Lipinski definition) is 1. The largest absolute Gasteiger partial charge is 0.315 e. The summed E-state index contributed by atoms with van der Waals surface area (Å²) in [5.41, 5.74) is 1.21. The topological polar surface area (TPSA) is 29.9 Å². The highest BCUT2D eigenvalue weighted by Gasteiger charge is 2.00. The van der Waals surface area contributed by atoms with E-state index in [0.717, 1.165) is 26.1 Å². The summed E-state index contributed by atoms with van der Waals surface area (Å²) in [5.74, 6) is 0. The molecule has 98 valence electrons. The minimum atomic E-state index is 0.915. The van der Waals surface area contributed by atoms with E-state index in [9.17, 15) is 0 Å². The van der Waals surface area contributed by atoms with E-state index in [0.29, 0.717) is 0 Å². The van der Waals surface area contributed by atoms with E-state index in [-0.39, 0.29) is 0 Å². The minimum Gasteiger partial charge on any atom is -0.315 e. The monoisotopic (exact) mass is 271 g/mol. The van der Waals surface area contributed by atoms with Crippen molar-refractivity contribution < 1.29 is 0 Å². The molecule has 2 heterocycles. The normalized spacial score (nSPS) is 11.2. The molecule has 3 nitrogen and oxygen atoms in total. The molecule has 1 aromatic carbocycles. The van der Waals surface area contributed by atoms with Gasteiger partial charge in [0.25, 0.3) is 0 Å². The van der Waals surface area contributed by atoms with Crippen molar-refractivity contribution in [2.75, 3.05) is 13.1 Å². The third kappa shape index (κ3) is 3.03. The highest BCUT2D eigenvalue weighted by atomic mass is 32.1. The van der Waals surface area contributed by atoms with Crippen molar-refractivity contribution in [3.05, 3.63) is 52.9 Å². The molecule has 3 rings (SSSR count). The van der Waals surface area contributed by atoms with Crippen LogP contribution in [0.25, 0.3) is 10.9 Å². The van der Waals surface area contributed by atoms with Gasteiger partial charge in [0, 0.05) is 23.4 Å². The van der Waals surface area contributed by atoms with Crippen LogP contribution in [0.4, 0.5) is 0 Å². The van der Waals surface area contributed by atoms with Gasteiger partial charge in [-0.05, 0) is 23.9 Å². The molecule has 0 saturated carbocycles. The van der Waals surface area contributed by atoms with Gasteiger partial charge in [-0.25, -0.2) is 0 Å². The van der Waals surface area contributed by atoms with Crippen LogP contribution in [-0.4, -0.2) is 22.9 Å². The quantitative estimate of drug-likeness (QED) is 0.699. The number of nitrogens with one attached hydrogen (secondary N) is 1. The lowest BCUT2D eigenvalue weighted by molar-refractivity contribution is 0.570. The van der Waals surface area contributed by atoms with Crippen molar-refractivity contribution in [2.45, 2.75) is 13.0 Å². The number of aromatic nitrogens is 2. The first kappa shape index (κ1) is 12.4. The Morgan fingerprint density at radius 1 is 1.11 bits per heavy atom. The lowest BCUT2D eigenvalue weighted by Crippen LogP contribution is -2.22. The standard InChI is InChI=1S/C15H17N3S/c1-2-6-15-13(4-1)12-17-18(15)10-9-16-8-7-14-5-3-11-19-14/h1-6,11-12,16H,7-10H2. The lowest BCUT2D eigenvalue weighted by atomic mass is 10.2.